The van der Waals surface area contributed by atoms with Crippen LogP contribution in [0.1, 0.15) is 17.2 Å². The van der Waals surface area contributed by atoms with E-state index in [1.54, 1.807) is 0 Å². The van der Waals surface area contributed by atoms with Crippen molar-refractivity contribution in [2.75, 3.05) is 5.32 Å². The van der Waals surface area contributed by atoms with Crippen molar-refractivity contribution in [3.63, 3.8) is 0 Å². The molecular weight excluding hydrogens is 304 g/mol. The first-order chi connectivity index (χ1) is 9.06. The predicted octanol–water partition coefficient (Wildman–Crippen LogP) is 3.40. The zero-order valence-electron chi connectivity index (χ0n) is 10.6. The van der Waals surface area contributed by atoms with Crippen LogP contribution in [0.15, 0.2) is 53.0 Å². The van der Waals surface area contributed by atoms with Crippen LogP contribution in [0.3, 0.4) is 0 Å². The van der Waals surface area contributed by atoms with E-state index in [1.165, 1.54) is 5.56 Å². The van der Waals surface area contributed by atoms with Crippen LogP contribution in [-0.4, -0.2) is 5.91 Å². The van der Waals surface area contributed by atoms with E-state index in [0.29, 0.717) is 0 Å². The molecule has 1 amide bonds. The highest BCUT2D eigenvalue weighted by Crippen LogP contribution is 2.22. The molecule has 3 nitrogen and oxygen atoms in total. The monoisotopic (exact) mass is 318 g/mol. The first-order valence-corrected chi connectivity index (χ1v) is 6.73. The van der Waals surface area contributed by atoms with Gasteiger partial charge in [-0.1, -0.05) is 45.8 Å². The second kappa shape index (κ2) is 5.89. The smallest absolute Gasteiger partial charge is 0.244 e. The average Bonchev–Trinajstić information content (AvgIpc) is 2.37. The van der Waals surface area contributed by atoms with Crippen molar-refractivity contribution < 1.29 is 4.79 Å². The van der Waals surface area contributed by atoms with Gasteiger partial charge in [-0.2, -0.15) is 0 Å². The molecule has 1 unspecified atom stereocenters. The van der Waals surface area contributed by atoms with Gasteiger partial charge in [0.05, 0.1) is 0 Å². The van der Waals surface area contributed by atoms with Crippen molar-refractivity contribution in [2.24, 2.45) is 5.73 Å². The Morgan fingerprint density at radius 1 is 1.21 bits per heavy atom. The summed E-state index contributed by atoms with van der Waals surface area (Å²) >= 11 is 3.39. The number of aryl methyl sites for hydroxylation is 1. The fraction of sp³-hybridized carbons (Fsp3) is 0.133. The Morgan fingerprint density at radius 2 is 1.89 bits per heavy atom. The van der Waals surface area contributed by atoms with Crippen molar-refractivity contribution >= 4 is 27.5 Å². The first kappa shape index (κ1) is 13.6. The molecule has 2 aromatic carbocycles. The molecule has 19 heavy (non-hydrogen) atoms. The molecule has 4 heteroatoms. The van der Waals surface area contributed by atoms with E-state index in [0.717, 1.165) is 15.7 Å². The number of carbonyl (C=O) groups excluding carboxylic acids is 1. The third-order valence-corrected chi connectivity index (χ3v) is 3.32. The summed E-state index contributed by atoms with van der Waals surface area (Å²) in [4.78, 5) is 11.6. The Balaban J connectivity index is 2.26. The Labute approximate surface area is 121 Å². The summed E-state index contributed by atoms with van der Waals surface area (Å²) in [6, 6.07) is 14.9. The van der Waals surface area contributed by atoms with Gasteiger partial charge in [0.25, 0.3) is 0 Å². The molecule has 1 atom stereocenters. The molecule has 2 rings (SSSR count). The topological polar surface area (TPSA) is 55.1 Å². The van der Waals surface area contributed by atoms with E-state index in [2.05, 4.69) is 21.2 Å². The Bertz CT molecular complexity index is 581. The van der Waals surface area contributed by atoms with Crippen molar-refractivity contribution in [2.45, 2.75) is 13.0 Å². The number of carbonyl (C=O) groups is 1. The molecule has 3 N–H and O–H groups in total. The zero-order chi connectivity index (χ0) is 13.8. The fourth-order valence-electron chi connectivity index (χ4n) is 1.82. The van der Waals surface area contributed by atoms with Gasteiger partial charge in [-0.05, 0) is 36.8 Å². The lowest BCUT2D eigenvalue weighted by Crippen LogP contribution is -2.27. The summed E-state index contributed by atoms with van der Waals surface area (Å²) in [6.45, 7) is 2.02. The Kier molecular flexibility index (Phi) is 4.22. The molecule has 0 radical (unpaired) electrons. The molecule has 98 valence electrons. The third-order valence-electron chi connectivity index (χ3n) is 2.83. The van der Waals surface area contributed by atoms with Crippen molar-refractivity contribution in [3.05, 3.63) is 64.1 Å². The number of nitrogens with one attached hydrogen (secondary N) is 1. The lowest BCUT2D eigenvalue weighted by Gasteiger charge is -2.17. The van der Waals surface area contributed by atoms with E-state index in [-0.39, 0.29) is 0 Å². The minimum absolute atomic E-state index is 0.404. The fourth-order valence-corrected chi connectivity index (χ4v) is 2.24. The number of halogens is 1. The van der Waals surface area contributed by atoms with Crippen LogP contribution in [0.25, 0.3) is 0 Å². The van der Waals surface area contributed by atoms with Gasteiger partial charge in [-0.3, -0.25) is 4.79 Å². The lowest BCUT2D eigenvalue weighted by molar-refractivity contribution is -0.118. The van der Waals surface area contributed by atoms with Gasteiger partial charge in [0.1, 0.15) is 6.04 Å². The van der Waals surface area contributed by atoms with Gasteiger partial charge >= 0.3 is 0 Å². The number of primary amides is 1. The maximum atomic E-state index is 11.6. The number of nitrogens with two attached hydrogens (primary N) is 1. The standard InChI is InChI=1S/C15H15BrN2O/c1-10-5-7-13(8-6-10)18-14(15(17)19)11-3-2-4-12(16)9-11/h2-9,14,18H,1H3,(H2,17,19). The number of amides is 1. The van der Waals surface area contributed by atoms with E-state index < -0.39 is 11.9 Å². The number of anilines is 1. The molecular formula is C15H15BrN2O. The highest BCUT2D eigenvalue weighted by Gasteiger charge is 2.17. The van der Waals surface area contributed by atoms with Crippen molar-refractivity contribution in [3.8, 4) is 0 Å². The second-order valence-corrected chi connectivity index (χ2v) is 5.32. The highest BCUT2D eigenvalue weighted by molar-refractivity contribution is 9.10. The minimum Gasteiger partial charge on any atom is -0.370 e. The molecule has 0 aliphatic carbocycles. The summed E-state index contributed by atoms with van der Waals surface area (Å²) in [5, 5.41) is 3.15. The molecule has 0 aromatic heterocycles. The van der Waals surface area contributed by atoms with Gasteiger partial charge in [-0.15, -0.1) is 0 Å². The average molecular weight is 319 g/mol. The number of hydrogen-bond donors (Lipinski definition) is 2. The van der Waals surface area contributed by atoms with Gasteiger partial charge in [0.2, 0.25) is 5.91 Å². The Hall–Kier alpha value is -1.81. The van der Waals surface area contributed by atoms with Crippen LogP contribution in [-0.2, 0) is 4.79 Å². The minimum atomic E-state index is -0.541. The molecule has 0 saturated carbocycles. The van der Waals surface area contributed by atoms with Crippen molar-refractivity contribution in [1.82, 2.24) is 0 Å². The lowest BCUT2D eigenvalue weighted by atomic mass is 10.1. The van der Waals surface area contributed by atoms with Crippen LogP contribution in [0.2, 0.25) is 0 Å². The first-order valence-electron chi connectivity index (χ1n) is 5.94. The maximum Gasteiger partial charge on any atom is 0.244 e. The van der Waals surface area contributed by atoms with Crippen LogP contribution >= 0.6 is 15.9 Å². The number of hydrogen-bond acceptors (Lipinski definition) is 2. The summed E-state index contributed by atoms with van der Waals surface area (Å²) < 4.78 is 0.918. The summed E-state index contributed by atoms with van der Waals surface area (Å²) in [6.07, 6.45) is 0. The zero-order valence-corrected chi connectivity index (χ0v) is 12.1. The van der Waals surface area contributed by atoms with E-state index in [4.69, 9.17) is 5.73 Å². The molecule has 0 saturated heterocycles. The van der Waals surface area contributed by atoms with Crippen molar-refractivity contribution in [1.29, 1.82) is 0 Å². The Morgan fingerprint density at radius 3 is 2.47 bits per heavy atom. The number of rotatable bonds is 4. The van der Waals surface area contributed by atoms with Gasteiger partial charge in [0, 0.05) is 10.2 Å². The van der Waals surface area contributed by atoms with E-state index >= 15 is 0 Å². The van der Waals surface area contributed by atoms with Gasteiger partial charge < -0.3 is 11.1 Å². The second-order valence-electron chi connectivity index (χ2n) is 4.40. The molecule has 0 spiro atoms. The molecule has 0 aliphatic heterocycles. The highest BCUT2D eigenvalue weighted by atomic mass is 79.9. The molecule has 2 aromatic rings. The van der Waals surface area contributed by atoms with Crippen LogP contribution in [0, 0.1) is 6.92 Å². The quantitative estimate of drug-likeness (QED) is 0.907. The normalized spacial score (nSPS) is 11.9. The number of benzene rings is 2. The van der Waals surface area contributed by atoms with Gasteiger partial charge in [0.15, 0.2) is 0 Å². The van der Waals surface area contributed by atoms with Gasteiger partial charge in [-0.25, -0.2) is 0 Å². The largest absolute Gasteiger partial charge is 0.370 e. The summed E-state index contributed by atoms with van der Waals surface area (Å²) in [5.41, 5.74) is 8.36. The van der Waals surface area contributed by atoms with Crippen LogP contribution < -0.4 is 11.1 Å². The SMILES string of the molecule is Cc1ccc(NC(C(N)=O)c2cccc(Br)c2)cc1. The third kappa shape index (κ3) is 3.58. The predicted molar refractivity (Wildman–Crippen MR) is 80.9 cm³/mol. The van der Waals surface area contributed by atoms with Crippen LogP contribution in [0.5, 0.6) is 0 Å². The molecule has 0 aliphatic rings. The maximum absolute atomic E-state index is 11.6. The summed E-state index contributed by atoms with van der Waals surface area (Å²) in [5.74, 6) is -0.404. The molecule has 0 bridgehead atoms. The van der Waals surface area contributed by atoms with E-state index in [1.807, 2.05) is 55.5 Å². The summed E-state index contributed by atoms with van der Waals surface area (Å²) in [7, 11) is 0. The molecule has 0 heterocycles. The molecule has 0 fully saturated rings. The van der Waals surface area contributed by atoms with E-state index in [9.17, 15) is 4.79 Å². The van der Waals surface area contributed by atoms with Crippen LogP contribution in [0.4, 0.5) is 5.69 Å².